The average Bonchev–Trinajstić information content (AvgIpc) is 3.34. The van der Waals surface area contributed by atoms with Crippen LogP contribution in [0.25, 0.3) is 5.69 Å². The number of pyridine rings is 1. The molecule has 0 aliphatic carbocycles. The van der Waals surface area contributed by atoms with Crippen LogP contribution in [-0.2, 0) is 4.79 Å². The molecule has 4 rings (SSSR count). The molecule has 1 saturated heterocycles. The summed E-state index contributed by atoms with van der Waals surface area (Å²) in [6.45, 7) is 0.991. The van der Waals surface area contributed by atoms with Gasteiger partial charge in [0.1, 0.15) is 17.2 Å². The summed E-state index contributed by atoms with van der Waals surface area (Å²) in [4.78, 5) is 32.0. The zero-order chi connectivity index (χ0) is 23.4. The van der Waals surface area contributed by atoms with Crippen LogP contribution < -0.4 is 14.8 Å². The molecule has 3 aromatic rings. The molecule has 3 heterocycles. The zero-order valence-electron chi connectivity index (χ0n) is 18.5. The molecule has 0 bridgehead atoms. The summed E-state index contributed by atoms with van der Waals surface area (Å²) in [5, 5.41) is 3.29. The maximum atomic E-state index is 13.1. The minimum absolute atomic E-state index is 0.0636. The van der Waals surface area contributed by atoms with E-state index >= 15 is 0 Å². The number of anilines is 1. The molecule has 9 heteroatoms. The van der Waals surface area contributed by atoms with Crippen LogP contribution in [0.15, 0.2) is 55.0 Å². The molecule has 2 amide bonds. The standard InChI is InChI=1S/C24H25ClN4O4/c1-32-21-14-22(33-2)19(13-18(21)25)27-23(30)16-7-11-28(12-8-16)24(31)20-6-4-10-29(20)17-5-3-9-26-15-17/h3-6,9-10,13-16H,7-8,11-12H2,1-2H3,(H,27,30). The number of nitrogens with zero attached hydrogens (tertiary/aromatic N) is 3. The molecule has 1 fully saturated rings. The number of amides is 2. The molecule has 0 atom stereocenters. The first kappa shape index (κ1) is 22.7. The van der Waals surface area contributed by atoms with Crippen LogP contribution in [0.5, 0.6) is 11.5 Å². The van der Waals surface area contributed by atoms with Crippen LogP contribution in [0.1, 0.15) is 23.3 Å². The van der Waals surface area contributed by atoms with E-state index in [0.29, 0.717) is 53.8 Å². The van der Waals surface area contributed by atoms with Crippen molar-refractivity contribution in [2.45, 2.75) is 12.8 Å². The Kier molecular flexibility index (Phi) is 6.84. The van der Waals surface area contributed by atoms with E-state index in [1.807, 2.05) is 29.0 Å². The Bertz CT molecular complexity index is 1140. The number of methoxy groups -OCH3 is 2. The molecule has 1 aromatic carbocycles. The smallest absolute Gasteiger partial charge is 0.270 e. The van der Waals surface area contributed by atoms with Gasteiger partial charge in [-0.15, -0.1) is 0 Å². The van der Waals surface area contributed by atoms with Crippen LogP contribution >= 0.6 is 11.6 Å². The SMILES string of the molecule is COc1cc(OC)c(NC(=O)C2CCN(C(=O)c3cccn3-c3cccnc3)CC2)cc1Cl. The average molecular weight is 469 g/mol. The van der Waals surface area contributed by atoms with Crippen molar-refractivity contribution in [2.75, 3.05) is 32.6 Å². The molecule has 0 radical (unpaired) electrons. The quantitative estimate of drug-likeness (QED) is 0.590. The molecule has 172 valence electrons. The van der Waals surface area contributed by atoms with Crippen molar-refractivity contribution in [3.63, 3.8) is 0 Å². The van der Waals surface area contributed by atoms with Crippen molar-refractivity contribution in [2.24, 2.45) is 5.92 Å². The number of hydrogen-bond acceptors (Lipinski definition) is 5. The summed E-state index contributed by atoms with van der Waals surface area (Å²) in [5.41, 5.74) is 1.89. The highest BCUT2D eigenvalue weighted by Gasteiger charge is 2.29. The van der Waals surface area contributed by atoms with Crippen molar-refractivity contribution < 1.29 is 19.1 Å². The molecule has 2 aromatic heterocycles. The molecule has 1 N–H and O–H groups in total. The van der Waals surface area contributed by atoms with Crippen LogP contribution in [0, 0.1) is 5.92 Å². The van der Waals surface area contributed by atoms with Gasteiger partial charge in [-0.25, -0.2) is 0 Å². The largest absolute Gasteiger partial charge is 0.495 e. The minimum Gasteiger partial charge on any atom is -0.495 e. The van der Waals surface area contributed by atoms with Crippen LogP contribution in [0.2, 0.25) is 5.02 Å². The monoisotopic (exact) mass is 468 g/mol. The number of likely N-dealkylation sites (tertiary alicyclic amines) is 1. The number of halogens is 1. The number of hydrogen-bond donors (Lipinski definition) is 1. The molecule has 1 aliphatic heterocycles. The number of ether oxygens (including phenoxy) is 2. The summed E-state index contributed by atoms with van der Waals surface area (Å²) in [5.74, 6) is 0.527. The summed E-state index contributed by atoms with van der Waals surface area (Å²) >= 11 is 6.21. The fourth-order valence-electron chi connectivity index (χ4n) is 3.98. The Labute approximate surface area is 197 Å². The first-order valence-electron chi connectivity index (χ1n) is 10.6. The Balaban J connectivity index is 1.40. The van der Waals surface area contributed by atoms with Crippen molar-refractivity contribution in [1.82, 2.24) is 14.5 Å². The third kappa shape index (κ3) is 4.80. The molecule has 1 aliphatic rings. The predicted molar refractivity (Wildman–Crippen MR) is 125 cm³/mol. The Morgan fingerprint density at radius 1 is 1.09 bits per heavy atom. The second-order valence-corrected chi connectivity index (χ2v) is 8.12. The number of nitrogens with one attached hydrogen (secondary N) is 1. The first-order chi connectivity index (χ1) is 16.0. The van der Waals surface area contributed by atoms with Gasteiger partial charge >= 0.3 is 0 Å². The lowest BCUT2D eigenvalue weighted by Crippen LogP contribution is -2.42. The van der Waals surface area contributed by atoms with E-state index in [0.717, 1.165) is 5.69 Å². The normalized spacial score (nSPS) is 14.1. The number of benzene rings is 1. The zero-order valence-corrected chi connectivity index (χ0v) is 19.2. The number of rotatable bonds is 6. The first-order valence-corrected chi connectivity index (χ1v) is 11.0. The lowest BCUT2D eigenvalue weighted by Gasteiger charge is -2.31. The minimum atomic E-state index is -0.218. The van der Waals surface area contributed by atoms with Crippen LogP contribution in [0.4, 0.5) is 5.69 Å². The number of carbonyl (C=O) groups is 2. The molecular weight excluding hydrogens is 444 g/mol. The van der Waals surface area contributed by atoms with E-state index in [1.165, 1.54) is 14.2 Å². The summed E-state index contributed by atoms with van der Waals surface area (Å²) < 4.78 is 12.4. The van der Waals surface area contributed by atoms with E-state index in [9.17, 15) is 9.59 Å². The van der Waals surface area contributed by atoms with Gasteiger partial charge in [-0.05, 0) is 43.2 Å². The summed E-state index contributed by atoms with van der Waals surface area (Å²) in [6.07, 6.45) is 6.39. The lowest BCUT2D eigenvalue weighted by molar-refractivity contribution is -0.121. The molecular formula is C24H25ClN4O4. The molecule has 0 spiro atoms. The Hall–Kier alpha value is -3.52. The maximum absolute atomic E-state index is 13.1. The third-order valence-electron chi connectivity index (χ3n) is 5.78. The predicted octanol–water partition coefficient (Wildman–Crippen LogP) is 4.03. The van der Waals surface area contributed by atoms with Gasteiger partial charge in [-0.2, -0.15) is 0 Å². The van der Waals surface area contributed by atoms with Crippen molar-refractivity contribution in [3.05, 3.63) is 65.7 Å². The topological polar surface area (TPSA) is 85.7 Å². The van der Waals surface area contributed by atoms with E-state index in [1.54, 1.807) is 35.5 Å². The highest BCUT2D eigenvalue weighted by molar-refractivity contribution is 6.32. The van der Waals surface area contributed by atoms with Gasteiger partial charge in [0, 0.05) is 37.5 Å². The van der Waals surface area contributed by atoms with Crippen molar-refractivity contribution in [3.8, 4) is 17.2 Å². The van der Waals surface area contributed by atoms with Gasteiger partial charge in [0.25, 0.3) is 5.91 Å². The third-order valence-corrected chi connectivity index (χ3v) is 6.07. The fraction of sp³-hybridized carbons (Fsp3) is 0.292. The fourth-order valence-corrected chi connectivity index (χ4v) is 4.22. The van der Waals surface area contributed by atoms with Gasteiger partial charge in [0.2, 0.25) is 5.91 Å². The number of piperidine rings is 1. The lowest BCUT2D eigenvalue weighted by atomic mass is 9.95. The van der Waals surface area contributed by atoms with E-state index in [2.05, 4.69) is 10.3 Å². The van der Waals surface area contributed by atoms with Gasteiger partial charge < -0.3 is 24.3 Å². The van der Waals surface area contributed by atoms with Gasteiger partial charge in [0.05, 0.1) is 36.8 Å². The molecule has 8 nitrogen and oxygen atoms in total. The second kappa shape index (κ2) is 9.95. The van der Waals surface area contributed by atoms with E-state index in [-0.39, 0.29) is 17.7 Å². The van der Waals surface area contributed by atoms with Gasteiger partial charge in [-0.3, -0.25) is 14.6 Å². The highest BCUT2D eigenvalue weighted by Crippen LogP contribution is 2.36. The van der Waals surface area contributed by atoms with E-state index < -0.39 is 0 Å². The number of carbonyl (C=O) groups excluding carboxylic acids is 2. The molecule has 0 unspecified atom stereocenters. The van der Waals surface area contributed by atoms with Crippen molar-refractivity contribution >= 4 is 29.1 Å². The highest BCUT2D eigenvalue weighted by atomic mass is 35.5. The van der Waals surface area contributed by atoms with Crippen molar-refractivity contribution in [1.29, 1.82) is 0 Å². The molecule has 0 saturated carbocycles. The summed E-state index contributed by atoms with van der Waals surface area (Å²) in [7, 11) is 3.03. The Morgan fingerprint density at radius 2 is 1.85 bits per heavy atom. The summed E-state index contributed by atoms with van der Waals surface area (Å²) in [6, 6.07) is 10.6. The van der Waals surface area contributed by atoms with Gasteiger partial charge in [0.15, 0.2) is 0 Å². The Morgan fingerprint density at radius 3 is 2.52 bits per heavy atom. The molecule has 33 heavy (non-hydrogen) atoms. The van der Waals surface area contributed by atoms with Crippen LogP contribution in [0.3, 0.4) is 0 Å². The second-order valence-electron chi connectivity index (χ2n) is 7.72. The van der Waals surface area contributed by atoms with Crippen LogP contribution in [-0.4, -0.2) is 53.6 Å². The maximum Gasteiger partial charge on any atom is 0.270 e. The number of aromatic nitrogens is 2. The van der Waals surface area contributed by atoms with Gasteiger partial charge in [-0.1, -0.05) is 11.6 Å². The van der Waals surface area contributed by atoms with E-state index in [4.69, 9.17) is 21.1 Å².